The molecular weight excluding hydrogens is 441 g/mol. The molecule has 2 N–H and O–H groups in total. The number of aromatic amines is 1. The largest absolute Gasteiger partial charge is 0.374 e. The summed E-state index contributed by atoms with van der Waals surface area (Å²) in [5.41, 5.74) is 1.58. The fourth-order valence-electron chi connectivity index (χ4n) is 4.23. The number of halogens is 2. The Balaban J connectivity index is 1.81. The highest BCUT2D eigenvalue weighted by atomic mass is 35.5. The number of aliphatic hydroxyl groups is 1. The predicted molar refractivity (Wildman–Crippen MR) is 127 cm³/mol. The molecule has 0 fully saturated rings. The van der Waals surface area contributed by atoms with Crippen LogP contribution in [0.1, 0.15) is 16.8 Å². The van der Waals surface area contributed by atoms with Gasteiger partial charge in [0.15, 0.2) is 5.60 Å². The predicted octanol–water partition coefficient (Wildman–Crippen LogP) is 5.01. The zero-order valence-corrected chi connectivity index (χ0v) is 18.3. The molecule has 2 heterocycles. The number of aromatic nitrogens is 3. The second kappa shape index (κ2) is 7.99. The average Bonchev–Trinajstić information content (AvgIpc) is 3.24. The number of H-pyrrole nitrogens is 1. The Kier molecular flexibility index (Phi) is 5.12. The summed E-state index contributed by atoms with van der Waals surface area (Å²) in [6.07, 6.45) is 3.23. The molecule has 0 aliphatic heterocycles. The number of pyridine rings is 1. The molecule has 0 saturated heterocycles. The van der Waals surface area contributed by atoms with Crippen molar-refractivity contribution < 1.29 is 9.50 Å². The van der Waals surface area contributed by atoms with Crippen molar-refractivity contribution in [1.29, 1.82) is 0 Å². The minimum Gasteiger partial charge on any atom is -0.374 e. The molecule has 0 spiro atoms. The summed E-state index contributed by atoms with van der Waals surface area (Å²) in [6, 6.07) is 19.8. The van der Waals surface area contributed by atoms with Gasteiger partial charge in [-0.2, -0.15) is 0 Å². The van der Waals surface area contributed by atoms with E-state index in [-0.39, 0.29) is 5.56 Å². The average molecular weight is 460 g/mol. The lowest BCUT2D eigenvalue weighted by Gasteiger charge is -2.30. The molecule has 5 rings (SSSR count). The second-order valence-corrected chi connectivity index (χ2v) is 8.36. The maximum atomic E-state index is 14.0. The van der Waals surface area contributed by atoms with Gasteiger partial charge < -0.3 is 14.7 Å². The number of hydrogen-bond donors (Lipinski definition) is 2. The van der Waals surface area contributed by atoms with Crippen LogP contribution in [0.25, 0.3) is 22.0 Å². The number of rotatable bonds is 4. The van der Waals surface area contributed by atoms with Gasteiger partial charge in [-0.3, -0.25) is 4.79 Å². The molecular formula is C26H19ClFN3O2. The molecule has 0 amide bonds. The highest BCUT2D eigenvalue weighted by Gasteiger charge is 2.36. The minimum atomic E-state index is -1.56. The van der Waals surface area contributed by atoms with Gasteiger partial charge in [0.05, 0.1) is 18.2 Å². The smallest absolute Gasteiger partial charge is 0.249 e. The van der Waals surface area contributed by atoms with E-state index in [1.165, 1.54) is 18.2 Å². The zero-order chi connectivity index (χ0) is 23.2. The van der Waals surface area contributed by atoms with Gasteiger partial charge >= 0.3 is 0 Å². The van der Waals surface area contributed by atoms with Crippen LogP contribution in [-0.4, -0.2) is 19.6 Å². The first kappa shape index (κ1) is 21.1. The summed E-state index contributed by atoms with van der Waals surface area (Å²) >= 11 is 6.09. The van der Waals surface area contributed by atoms with Gasteiger partial charge in [0.2, 0.25) is 5.56 Å². The first-order valence-electron chi connectivity index (χ1n) is 10.2. The Hall–Kier alpha value is -3.74. The Bertz CT molecular complexity index is 1540. The summed E-state index contributed by atoms with van der Waals surface area (Å²) < 4.78 is 15.7. The Morgan fingerprint density at radius 1 is 1.03 bits per heavy atom. The van der Waals surface area contributed by atoms with E-state index >= 15 is 0 Å². The zero-order valence-electron chi connectivity index (χ0n) is 17.6. The summed E-state index contributed by atoms with van der Waals surface area (Å²) in [5.74, 6) is -0.398. The van der Waals surface area contributed by atoms with Crippen molar-refractivity contribution in [3.8, 4) is 11.1 Å². The molecule has 1 unspecified atom stereocenters. The lowest BCUT2D eigenvalue weighted by atomic mass is 9.82. The maximum absolute atomic E-state index is 14.0. The number of fused-ring (bicyclic) bond motifs is 1. The van der Waals surface area contributed by atoms with E-state index in [9.17, 15) is 14.3 Å². The van der Waals surface area contributed by atoms with Gasteiger partial charge in [0, 0.05) is 29.0 Å². The number of nitrogens with one attached hydrogen (secondary N) is 1. The van der Waals surface area contributed by atoms with Crippen molar-refractivity contribution in [2.45, 2.75) is 5.60 Å². The SMILES string of the molecule is Cn1cncc1C(O)(c1ccc(Cl)cc1)c1ccc2[nH]c(=O)cc(-c3cccc(F)c3)c2c1. The molecule has 0 saturated carbocycles. The summed E-state index contributed by atoms with van der Waals surface area (Å²) in [7, 11) is 1.81. The molecule has 164 valence electrons. The number of benzene rings is 3. The van der Waals surface area contributed by atoms with Gasteiger partial charge in [0.1, 0.15) is 5.82 Å². The van der Waals surface area contributed by atoms with Crippen LogP contribution in [0.15, 0.2) is 90.1 Å². The first-order valence-corrected chi connectivity index (χ1v) is 10.6. The second-order valence-electron chi connectivity index (χ2n) is 7.93. The topological polar surface area (TPSA) is 70.9 Å². The molecule has 0 radical (unpaired) electrons. The van der Waals surface area contributed by atoms with Gasteiger partial charge in [-0.05, 0) is 58.7 Å². The van der Waals surface area contributed by atoms with Crippen LogP contribution in [0, 0.1) is 5.82 Å². The van der Waals surface area contributed by atoms with Crippen molar-refractivity contribution in [3.05, 3.63) is 123 Å². The normalized spacial score (nSPS) is 13.2. The number of imidazole rings is 1. The van der Waals surface area contributed by atoms with Crippen molar-refractivity contribution in [2.24, 2.45) is 7.05 Å². The van der Waals surface area contributed by atoms with Gasteiger partial charge in [-0.1, -0.05) is 41.9 Å². The first-order chi connectivity index (χ1) is 15.9. The quantitative estimate of drug-likeness (QED) is 0.397. The highest BCUT2D eigenvalue weighted by Crippen LogP contribution is 2.39. The van der Waals surface area contributed by atoms with Gasteiger partial charge in [0.25, 0.3) is 0 Å². The van der Waals surface area contributed by atoms with E-state index in [0.717, 1.165) is 0 Å². The molecule has 7 heteroatoms. The van der Waals surface area contributed by atoms with Crippen LogP contribution < -0.4 is 5.56 Å². The van der Waals surface area contributed by atoms with E-state index in [2.05, 4.69) is 9.97 Å². The third-order valence-corrected chi connectivity index (χ3v) is 6.10. The Labute approximate surface area is 193 Å². The molecule has 0 aliphatic rings. The van der Waals surface area contributed by atoms with Crippen LogP contribution in [0.3, 0.4) is 0 Å². The van der Waals surface area contributed by atoms with Gasteiger partial charge in [-0.15, -0.1) is 0 Å². The Morgan fingerprint density at radius 3 is 2.48 bits per heavy atom. The standard InChI is InChI=1S/C26H19ClFN3O2/c1-31-15-29-14-24(31)26(33,17-5-8-19(27)9-6-17)18-7-10-23-22(12-18)21(13-25(32)30-23)16-3-2-4-20(28)11-16/h2-15,33H,1H3,(H,30,32). The summed E-state index contributed by atoms with van der Waals surface area (Å²) in [6.45, 7) is 0. The third-order valence-electron chi connectivity index (χ3n) is 5.85. The summed E-state index contributed by atoms with van der Waals surface area (Å²) in [4.78, 5) is 19.3. The Morgan fingerprint density at radius 2 is 1.79 bits per heavy atom. The molecule has 0 aliphatic carbocycles. The van der Waals surface area contributed by atoms with Gasteiger partial charge in [-0.25, -0.2) is 9.37 Å². The van der Waals surface area contributed by atoms with E-state index in [1.807, 2.05) is 6.07 Å². The monoisotopic (exact) mass is 459 g/mol. The molecule has 5 nitrogen and oxygen atoms in total. The van der Waals surface area contributed by atoms with E-state index < -0.39 is 11.4 Å². The maximum Gasteiger partial charge on any atom is 0.249 e. The number of aryl methyl sites for hydroxylation is 1. The van der Waals surface area contributed by atoms with E-state index in [0.29, 0.717) is 43.9 Å². The molecule has 3 aromatic carbocycles. The van der Waals surface area contributed by atoms with E-state index in [4.69, 9.17) is 11.6 Å². The lowest BCUT2D eigenvalue weighted by molar-refractivity contribution is 0.117. The third kappa shape index (κ3) is 3.63. The van der Waals surface area contributed by atoms with Crippen LogP contribution in [0.4, 0.5) is 4.39 Å². The molecule has 0 bridgehead atoms. The fraction of sp³-hybridized carbons (Fsp3) is 0.0769. The molecule has 5 aromatic rings. The van der Waals surface area contributed by atoms with Crippen LogP contribution >= 0.6 is 11.6 Å². The highest BCUT2D eigenvalue weighted by molar-refractivity contribution is 6.30. The summed E-state index contributed by atoms with van der Waals surface area (Å²) in [5, 5.41) is 13.4. The molecule has 33 heavy (non-hydrogen) atoms. The lowest BCUT2D eigenvalue weighted by Crippen LogP contribution is -2.31. The van der Waals surface area contributed by atoms with Crippen molar-refractivity contribution in [2.75, 3.05) is 0 Å². The van der Waals surface area contributed by atoms with Crippen LogP contribution in [0.2, 0.25) is 5.02 Å². The van der Waals surface area contributed by atoms with Crippen LogP contribution in [-0.2, 0) is 12.6 Å². The number of nitrogens with zero attached hydrogens (tertiary/aromatic N) is 2. The van der Waals surface area contributed by atoms with Crippen molar-refractivity contribution >= 4 is 22.5 Å². The van der Waals surface area contributed by atoms with Crippen molar-refractivity contribution in [1.82, 2.24) is 14.5 Å². The molecule has 2 aromatic heterocycles. The van der Waals surface area contributed by atoms with Crippen molar-refractivity contribution in [3.63, 3.8) is 0 Å². The number of hydrogen-bond acceptors (Lipinski definition) is 3. The fourth-order valence-corrected chi connectivity index (χ4v) is 4.36. The van der Waals surface area contributed by atoms with Crippen LogP contribution in [0.5, 0.6) is 0 Å². The van der Waals surface area contributed by atoms with E-state index in [1.54, 1.807) is 72.7 Å². The molecule has 1 atom stereocenters. The minimum absolute atomic E-state index is 0.297.